The fourth-order valence-corrected chi connectivity index (χ4v) is 2.92. The molecule has 0 radical (unpaired) electrons. The standard InChI is InChI=1S/C18H22F3N3O/c1-17(2,18(3,20)21)10-14(25)23-16-22-13-9-5-8-12(19)15(13)24(16)11-6-4-7-11/h5,8-9,11H,4,6-7,10H2,1-3H3,(H,22,23,25). The lowest BCUT2D eigenvalue weighted by Gasteiger charge is -2.31. The highest BCUT2D eigenvalue weighted by Gasteiger charge is 2.43. The van der Waals surface area contributed by atoms with Crippen LogP contribution in [0.5, 0.6) is 0 Å². The number of hydrogen-bond donors (Lipinski definition) is 1. The Hall–Kier alpha value is -2.05. The summed E-state index contributed by atoms with van der Waals surface area (Å²) in [5.74, 6) is -3.73. The maximum absolute atomic E-state index is 14.3. The number of anilines is 1. The molecule has 1 aromatic heterocycles. The Labute approximate surface area is 144 Å². The van der Waals surface area contributed by atoms with Crippen molar-refractivity contribution in [1.82, 2.24) is 9.55 Å². The molecule has 1 saturated carbocycles. The topological polar surface area (TPSA) is 46.9 Å². The number of benzene rings is 1. The number of halogens is 3. The largest absolute Gasteiger partial charge is 0.304 e. The number of amides is 1. The summed E-state index contributed by atoms with van der Waals surface area (Å²) in [4.78, 5) is 16.6. The second kappa shape index (κ2) is 6.04. The molecular formula is C18H22F3N3O. The average Bonchev–Trinajstić information content (AvgIpc) is 2.74. The van der Waals surface area contributed by atoms with Crippen molar-refractivity contribution in [2.75, 3.05) is 5.32 Å². The fourth-order valence-electron chi connectivity index (χ4n) is 2.92. The molecule has 1 aliphatic rings. The molecule has 7 heteroatoms. The van der Waals surface area contributed by atoms with E-state index < -0.39 is 23.1 Å². The fraction of sp³-hybridized carbons (Fsp3) is 0.556. The second-order valence-corrected chi connectivity index (χ2v) is 7.49. The predicted molar refractivity (Wildman–Crippen MR) is 90.2 cm³/mol. The van der Waals surface area contributed by atoms with Crippen molar-refractivity contribution in [2.45, 2.75) is 58.4 Å². The summed E-state index contributed by atoms with van der Waals surface area (Å²) < 4.78 is 43.3. The first-order valence-corrected chi connectivity index (χ1v) is 8.44. The van der Waals surface area contributed by atoms with Crippen LogP contribution in [0.1, 0.15) is 52.5 Å². The van der Waals surface area contributed by atoms with E-state index in [0.717, 1.165) is 26.2 Å². The van der Waals surface area contributed by atoms with Crippen LogP contribution in [-0.2, 0) is 4.79 Å². The van der Waals surface area contributed by atoms with Gasteiger partial charge in [-0.05, 0) is 38.3 Å². The molecule has 2 aromatic rings. The van der Waals surface area contributed by atoms with Gasteiger partial charge in [-0.3, -0.25) is 10.1 Å². The number of rotatable bonds is 5. The summed E-state index contributed by atoms with van der Waals surface area (Å²) in [7, 11) is 0. The van der Waals surface area contributed by atoms with Crippen LogP contribution in [0.25, 0.3) is 11.0 Å². The molecule has 3 rings (SSSR count). The first-order chi connectivity index (χ1) is 11.6. The molecule has 0 bridgehead atoms. The van der Waals surface area contributed by atoms with Crippen LogP contribution in [0.2, 0.25) is 0 Å². The van der Waals surface area contributed by atoms with E-state index in [2.05, 4.69) is 10.3 Å². The van der Waals surface area contributed by atoms with Crippen molar-refractivity contribution in [3.63, 3.8) is 0 Å². The van der Waals surface area contributed by atoms with Crippen LogP contribution >= 0.6 is 0 Å². The van der Waals surface area contributed by atoms with Crippen molar-refractivity contribution in [3.8, 4) is 0 Å². The smallest absolute Gasteiger partial charge is 0.250 e. The first-order valence-electron chi connectivity index (χ1n) is 8.44. The third kappa shape index (κ3) is 3.24. The van der Waals surface area contributed by atoms with Gasteiger partial charge in [0, 0.05) is 17.9 Å². The molecule has 25 heavy (non-hydrogen) atoms. The normalized spacial score (nSPS) is 16.1. The van der Waals surface area contributed by atoms with Gasteiger partial charge in [-0.25, -0.2) is 18.2 Å². The zero-order valence-corrected chi connectivity index (χ0v) is 14.6. The van der Waals surface area contributed by atoms with Crippen LogP contribution in [-0.4, -0.2) is 21.4 Å². The number of alkyl halides is 2. The average molecular weight is 353 g/mol. The minimum Gasteiger partial charge on any atom is -0.304 e. The van der Waals surface area contributed by atoms with Crippen LogP contribution in [0.4, 0.5) is 19.1 Å². The molecular weight excluding hydrogens is 331 g/mol. The van der Waals surface area contributed by atoms with E-state index in [1.165, 1.54) is 19.9 Å². The molecule has 0 unspecified atom stereocenters. The van der Waals surface area contributed by atoms with Gasteiger partial charge in [0.25, 0.3) is 5.92 Å². The minimum atomic E-state index is -3.00. The Morgan fingerprint density at radius 1 is 1.32 bits per heavy atom. The molecule has 1 amide bonds. The third-order valence-electron chi connectivity index (χ3n) is 5.14. The molecule has 0 saturated heterocycles. The van der Waals surface area contributed by atoms with Crippen molar-refractivity contribution >= 4 is 22.9 Å². The van der Waals surface area contributed by atoms with Gasteiger partial charge in [-0.2, -0.15) is 0 Å². The highest BCUT2D eigenvalue weighted by Crippen LogP contribution is 2.40. The number of fused-ring (bicyclic) bond motifs is 1. The van der Waals surface area contributed by atoms with Gasteiger partial charge in [-0.1, -0.05) is 19.9 Å². The van der Waals surface area contributed by atoms with E-state index >= 15 is 0 Å². The lowest BCUT2D eigenvalue weighted by Crippen LogP contribution is -2.37. The predicted octanol–water partition coefficient (Wildman–Crippen LogP) is 4.91. The minimum absolute atomic E-state index is 0.0674. The summed E-state index contributed by atoms with van der Waals surface area (Å²) >= 11 is 0. The van der Waals surface area contributed by atoms with E-state index in [0.29, 0.717) is 11.0 Å². The van der Waals surface area contributed by atoms with Crippen LogP contribution in [0.3, 0.4) is 0 Å². The van der Waals surface area contributed by atoms with E-state index in [4.69, 9.17) is 0 Å². The van der Waals surface area contributed by atoms with Crippen LogP contribution in [0, 0.1) is 11.2 Å². The first kappa shape index (κ1) is 17.8. The van der Waals surface area contributed by atoms with E-state index in [1.54, 1.807) is 16.7 Å². The van der Waals surface area contributed by atoms with Gasteiger partial charge >= 0.3 is 0 Å². The second-order valence-electron chi connectivity index (χ2n) is 7.49. The van der Waals surface area contributed by atoms with Gasteiger partial charge in [0.1, 0.15) is 11.3 Å². The quantitative estimate of drug-likeness (QED) is 0.830. The van der Waals surface area contributed by atoms with E-state index in [-0.39, 0.29) is 18.4 Å². The van der Waals surface area contributed by atoms with E-state index in [9.17, 15) is 18.0 Å². The number of carbonyl (C=O) groups is 1. The zero-order chi connectivity index (χ0) is 18.4. The molecule has 1 aromatic carbocycles. The molecule has 0 aliphatic heterocycles. The molecule has 0 spiro atoms. The number of nitrogens with zero attached hydrogens (tertiary/aromatic N) is 2. The van der Waals surface area contributed by atoms with Gasteiger partial charge in [0.2, 0.25) is 11.9 Å². The number of hydrogen-bond acceptors (Lipinski definition) is 2. The Morgan fingerprint density at radius 3 is 2.56 bits per heavy atom. The molecule has 136 valence electrons. The zero-order valence-electron chi connectivity index (χ0n) is 14.6. The number of nitrogens with one attached hydrogen (secondary N) is 1. The highest BCUT2D eigenvalue weighted by atomic mass is 19.3. The molecule has 0 atom stereocenters. The van der Waals surface area contributed by atoms with Gasteiger partial charge in [0.05, 0.1) is 5.52 Å². The van der Waals surface area contributed by atoms with Crippen LogP contribution in [0.15, 0.2) is 18.2 Å². The van der Waals surface area contributed by atoms with Crippen LogP contribution < -0.4 is 5.32 Å². The third-order valence-corrected chi connectivity index (χ3v) is 5.14. The van der Waals surface area contributed by atoms with Gasteiger partial charge < -0.3 is 4.57 Å². The molecule has 1 fully saturated rings. The Balaban J connectivity index is 1.91. The number of carbonyl (C=O) groups excluding carboxylic acids is 1. The summed E-state index contributed by atoms with van der Waals surface area (Å²) in [5.41, 5.74) is -0.694. The van der Waals surface area contributed by atoms with Gasteiger partial charge in [-0.15, -0.1) is 0 Å². The summed E-state index contributed by atoms with van der Waals surface area (Å²) in [5, 5.41) is 2.62. The molecule has 1 N–H and O–H groups in total. The lowest BCUT2D eigenvalue weighted by atomic mass is 9.83. The lowest BCUT2D eigenvalue weighted by molar-refractivity contribution is -0.129. The van der Waals surface area contributed by atoms with Crippen molar-refractivity contribution in [2.24, 2.45) is 5.41 Å². The maximum Gasteiger partial charge on any atom is 0.250 e. The number of aromatic nitrogens is 2. The summed E-state index contributed by atoms with van der Waals surface area (Å²) in [6.45, 7) is 3.50. The summed E-state index contributed by atoms with van der Waals surface area (Å²) in [6.07, 6.45) is 2.43. The Kier molecular flexibility index (Phi) is 4.29. The summed E-state index contributed by atoms with van der Waals surface area (Å²) in [6, 6.07) is 4.65. The number of imidazole rings is 1. The van der Waals surface area contributed by atoms with Crippen molar-refractivity contribution in [3.05, 3.63) is 24.0 Å². The van der Waals surface area contributed by atoms with Gasteiger partial charge in [0.15, 0.2) is 0 Å². The SMILES string of the molecule is CC(F)(F)C(C)(C)CC(=O)Nc1nc2cccc(F)c2n1C1CCC1. The number of para-hydroxylation sites is 1. The van der Waals surface area contributed by atoms with Crippen molar-refractivity contribution in [1.29, 1.82) is 0 Å². The monoisotopic (exact) mass is 353 g/mol. The Bertz CT molecular complexity index is 804. The maximum atomic E-state index is 14.3. The molecule has 4 nitrogen and oxygen atoms in total. The van der Waals surface area contributed by atoms with E-state index in [1.807, 2.05) is 0 Å². The highest BCUT2D eigenvalue weighted by molar-refractivity contribution is 5.92. The molecule has 1 heterocycles. The Morgan fingerprint density at radius 2 is 2.00 bits per heavy atom. The van der Waals surface area contributed by atoms with Crippen molar-refractivity contribution < 1.29 is 18.0 Å². The molecule has 1 aliphatic carbocycles.